The van der Waals surface area contributed by atoms with Gasteiger partial charge < -0.3 is 10.1 Å². The van der Waals surface area contributed by atoms with E-state index in [1.54, 1.807) is 24.3 Å². The molecule has 0 atom stereocenters. The molecule has 30 heavy (non-hydrogen) atoms. The highest BCUT2D eigenvalue weighted by Crippen LogP contribution is 2.37. The minimum absolute atomic E-state index is 0.00483. The van der Waals surface area contributed by atoms with E-state index in [0.29, 0.717) is 33.5 Å². The van der Waals surface area contributed by atoms with Crippen LogP contribution in [-0.2, 0) is 10.0 Å². The summed E-state index contributed by atoms with van der Waals surface area (Å²) in [6, 6.07) is 15.8. The SMILES string of the molecule is COc1cccc2c(Nc3ccc(S(N)(=O)=O)cc3)c3ccc([N+](=O)[O-])cc3nc12. The van der Waals surface area contributed by atoms with Crippen LogP contribution >= 0.6 is 0 Å². The molecular weight excluding hydrogens is 408 g/mol. The van der Waals surface area contributed by atoms with Crippen LogP contribution in [0.1, 0.15) is 0 Å². The number of pyridine rings is 1. The van der Waals surface area contributed by atoms with Gasteiger partial charge in [0.25, 0.3) is 5.69 Å². The second kappa shape index (κ2) is 7.25. The lowest BCUT2D eigenvalue weighted by atomic mass is 10.1. The van der Waals surface area contributed by atoms with E-state index in [1.807, 2.05) is 12.1 Å². The Labute approximate surface area is 171 Å². The third-order valence-corrected chi connectivity index (χ3v) is 5.56. The van der Waals surface area contributed by atoms with Crippen LogP contribution in [0, 0.1) is 10.1 Å². The third kappa shape index (κ3) is 3.49. The average molecular weight is 424 g/mol. The van der Waals surface area contributed by atoms with Crippen molar-refractivity contribution in [3.05, 3.63) is 70.8 Å². The van der Waals surface area contributed by atoms with Crippen molar-refractivity contribution in [1.29, 1.82) is 0 Å². The number of para-hydroxylation sites is 1. The van der Waals surface area contributed by atoms with Gasteiger partial charge in [0.05, 0.1) is 28.1 Å². The van der Waals surface area contributed by atoms with E-state index in [9.17, 15) is 18.5 Å². The summed E-state index contributed by atoms with van der Waals surface area (Å²) in [5.74, 6) is 0.522. The molecule has 9 nitrogen and oxygen atoms in total. The number of methoxy groups -OCH3 is 1. The van der Waals surface area contributed by atoms with Crippen molar-refractivity contribution in [3.8, 4) is 5.75 Å². The molecular formula is C20H16N4O5S. The highest BCUT2D eigenvalue weighted by Gasteiger charge is 2.16. The maximum Gasteiger partial charge on any atom is 0.271 e. The van der Waals surface area contributed by atoms with Crippen LogP contribution in [0.4, 0.5) is 17.1 Å². The van der Waals surface area contributed by atoms with Gasteiger partial charge in [0.15, 0.2) is 0 Å². The summed E-state index contributed by atoms with van der Waals surface area (Å²) in [4.78, 5) is 15.3. The first-order chi connectivity index (χ1) is 14.3. The number of fused-ring (bicyclic) bond motifs is 2. The first kappa shape index (κ1) is 19.6. The molecule has 4 rings (SSSR count). The Hall–Kier alpha value is -3.76. The number of non-ortho nitro benzene ring substituents is 1. The van der Waals surface area contributed by atoms with E-state index < -0.39 is 14.9 Å². The Kier molecular flexibility index (Phi) is 4.72. The Morgan fingerprint density at radius 1 is 1.07 bits per heavy atom. The molecule has 0 fully saturated rings. The van der Waals surface area contributed by atoms with Gasteiger partial charge >= 0.3 is 0 Å². The molecule has 3 N–H and O–H groups in total. The molecule has 1 aromatic heterocycles. The minimum Gasteiger partial charge on any atom is -0.494 e. The molecule has 0 radical (unpaired) electrons. The molecule has 1 heterocycles. The van der Waals surface area contributed by atoms with Crippen LogP contribution in [-0.4, -0.2) is 25.4 Å². The Balaban J connectivity index is 1.94. The first-order valence-corrected chi connectivity index (χ1v) is 10.3. The maximum atomic E-state index is 11.5. The van der Waals surface area contributed by atoms with Crippen LogP contribution in [0.2, 0.25) is 0 Å². The van der Waals surface area contributed by atoms with Crippen LogP contribution < -0.4 is 15.2 Å². The van der Waals surface area contributed by atoms with Crippen molar-refractivity contribution < 1.29 is 18.1 Å². The number of hydrogen-bond acceptors (Lipinski definition) is 7. The zero-order chi connectivity index (χ0) is 21.5. The normalized spacial score (nSPS) is 11.5. The number of benzene rings is 3. The van der Waals surface area contributed by atoms with E-state index in [4.69, 9.17) is 9.88 Å². The van der Waals surface area contributed by atoms with Crippen molar-refractivity contribution in [2.24, 2.45) is 5.14 Å². The minimum atomic E-state index is -3.80. The number of nitrogens with two attached hydrogens (primary N) is 1. The van der Waals surface area contributed by atoms with Gasteiger partial charge in [0.1, 0.15) is 11.3 Å². The Bertz CT molecular complexity index is 1400. The van der Waals surface area contributed by atoms with Crippen LogP contribution in [0.3, 0.4) is 0 Å². The standard InChI is InChI=1S/C20H16N4O5S/c1-29-18-4-2-3-16-19(22-12-5-8-14(9-6-12)30(21,27)28)15-10-7-13(24(25)26)11-17(15)23-20(16)18/h2-11H,1H3,(H,22,23)(H2,21,27,28). The monoisotopic (exact) mass is 424 g/mol. The number of anilines is 2. The second-order valence-corrected chi connectivity index (χ2v) is 8.06. The summed E-state index contributed by atoms with van der Waals surface area (Å²) >= 11 is 0. The van der Waals surface area contributed by atoms with E-state index in [-0.39, 0.29) is 10.6 Å². The Morgan fingerprint density at radius 2 is 1.80 bits per heavy atom. The van der Waals surface area contributed by atoms with Gasteiger partial charge in [0.2, 0.25) is 10.0 Å². The van der Waals surface area contributed by atoms with Gasteiger partial charge in [0, 0.05) is 28.6 Å². The number of hydrogen-bond donors (Lipinski definition) is 2. The number of nitrogens with zero attached hydrogens (tertiary/aromatic N) is 2. The van der Waals surface area contributed by atoms with Gasteiger partial charge in [-0.15, -0.1) is 0 Å². The molecule has 10 heteroatoms. The smallest absolute Gasteiger partial charge is 0.271 e. The largest absolute Gasteiger partial charge is 0.494 e. The van der Waals surface area contributed by atoms with E-state index in [2.05, 4.69) is 10.3 Å². The van der Waals surface area contributed by atoms with Gasteiger partial charge in [-0.2, -0.15) is 0 Å². The highest BCUT2D eigenvalue weighted by molar-refractivity contribution is 7.89. The predicted molar refractivity (Wildman–Crippen MR) is 114 cm³/mol. The summed E-state index contributed by atoms with van der Waals surface area (Å²) in [6.45, 7) is 0. The van der Waals surface area contributed by atoms with Gasteiger partial charge in [-0.05, 0) is 36.4 Å². The molecule has 4 aromatic rings. The highest BCUT2D eigenvalue weighted by atomic mass is 32.2. The molecule has 0 amide bonds. The van der Waals surface area contributed by atoms with Crippen molar-refractivity contribution >= 4 is 48.9 Å². The predicted octanol–water partition coefficient (Wildman–Crippen LogP) is 3.70. The van der Waals surface area contributed by atoms with Gasteiger partial charge in [-0.3, -0.25) is 10.1 Å². The van der Waals surface area contributed by atoms with E-state index in [1.165, 1.54) is 31.4 Å². The fraction of sp³-hybridized carbons (Fsp3) is 0.0500. The summed E-state index contributed by atoms with van der Waals surface area (Å²) in [5, 5.41) is 21.0. The van der Waals surface area contributed by atoms with Crippen molar-refractivity contribution in [3.63, 3.8) is 0 Å². The summed E-state index contributed by atoms with van der Waals surface area (Å²) in [6.07, 6.45) is 0. The maximum absolute atomic E-state index is 11.5. The summed E-state index contributed by atoms with van der Waals surface area (Å²) < 4.78 is 28.4. The number of nitrogens with one attached hydrogen (secondary N) is 1. The van der Waals surface area contributed by atoms with Crippen molar-refractivity contribution in [1.82, 2.24) is 4.98 Å². The zero-order valence-corrected chi connectivity index (χ0v) is 16.5. The molecule has 0 aliphatic carbocycles. The number of primary sulfonamides is 1. The number of ether oxygens (including phenoxy) is 1. The van der Waals surface area contributed by atoms with E-state index >= 15 is 0 Å². The van der Waals surface area contributed by atoms with Gasteiger partial charge in [-0.25, -0.2) is 18.5 Å². The fourth-order valence-electron chi connectivity index (χ4n) is 3.21. The van der Waals surface area contributed by atoms with Crippen molar-refractivity contribution in [2.45, 2.75) is 4.90 Å². The lowest BCUT2D eigenvalue weighted by Gasteiger charge is -2.15. The van der Waals surface area contributed by atoms with Crippen LogP contribution in [0.5, 0.6) is 5.75 Å². The molecule has 0 saturated heterocycles. The summed E-state index contributed by atoms with van der Waals surface area (Å²) in [5.41, 5.74) is 2.15. The molecule has 152 valence electrons. The third-order valence-electron chi connectivity index (χ3n) is 4.63. The molecule has 3 aromatic carbocycles. The number of nitro benzene ring substituents is 1. The molecule has 0 unspecified atom stereocenters. The number of sulfonamides is 1. The number of aromatic nitrogens is 1. The topological polar surface area (TPSA) is 137 Å². The van der Waals surface area contributed by atoms with Gasteiger partial charge in [-0.1, -0.05) is 12.1 Å². The molecule has 0 spiro atoms. The van der Waals surface area contributed by atoms with Crippen molar-refractivity contribution in [2.75, 3.05) is 12.4 Å². The molecule has 0 bridgehead atoms. The Morgan fingerprint density at radius 3 is 2.43 bits per heavy atom. The fourth-order valence-corrected chi connectivity index (χ4v) is 3.73. The summed E-state index contributed by atoms with van der Waals surface area (Å²) in [7, 11) is -2.28. The van der Waals surface area contributed by atoms with Crippen LogP contribution in [0.15, 0.2) is 65.6 Å². The average Bonchev–Trinajstić information content (AvgIpc) is 2.72. The lowest BCUT2D eigenvalue weighted by molar-refractivity contribution is -0.384. The second-order valence-electron chi connectivity index (χ2n) is 6.50. The van der Waals surface area contributed by atoms with E-state index in [0.717, 1.165) is 5.39 Å². The molecule has 0 saturated carbocycles. The molecule has 0 aliphatic heterocycles. The number of nitro groups is 1. The number of rotatable bonds is 5. The quantitative estimate of drug-likeness (QED) is 0.283. The lowest BCUT2D eigenvalue weighted by Crippen LogP contribution is -2.11. The zero-order valence-electron chi connectivity index (χ0n) is 15.7. The molecule has 0 aliphatic rings. The van der Waals surface area contributed by atoms with Crippen LogP contribution in [0.25, 0.3) is 21.8 Å². The first-order valence-electron chi connectivity index (χ1n) is 8.72.